The van der Waals surface area contributed by atoms with Crippen LogP contribution in [0.1, 0.15) is 38.3 Å². The van der Waals surface area contributed by atoms with Crippen LogP contribution < -0.4 is 4.74 Å². The molecule has 0 bridgehead atoms. The molecule has 0 spiro atoms. The summed E-state index contributed by atoms with van der Waals surface area (Å²) in [7, 11) is 0. The molecule has 2 aliphatic rings. The number of aryl methyl sites for hydroxylation is 1. The number of ether oxygens (including phenoxy) is 2. The predicted molar refractivity (Wildman–Crippen MR) is 149 cm³/mol. The van der Waals surface area contributed by atoms with E-state index in [4.69, 9.17) is 14.6 Å². The zero-order valence-corrected chi connectivity index (χ0v) is 22.5. The van der Waals surface area contributed by atoms with E-state index in [1.165, 1.54) is 11.8 Å². The van der Waals surface area contributed by atoms with Crippen molar-refractivity contribution >= 4 is 28.9 Å². The van der Waals surface area contributed by atoms with Crippen LogP contribution in [0.15, 0.2) is 64.6 Å². The topological polar surface area (TPSA) is 68.9 Å². The molecule has 0 aliphatic carbocycles. The Labute approximate surface area is 222 Å². The van der Waals surface area contributed by atoms with Gasteiger partial charge in [-0.2, -0.15) is 10.1 Å². The van der Waals surface area contributed by atoms with Crippen molar-refractivity contribution in [3.63, 3.8) is 0 Å². The molecule has 3 heterocycles. The highest BCUT2D eigenvalue weighted by Gasteiger charge is 2.31. The van der Waals surface area contributed by atoms with Gasteiger partial charge in [-0.1, -0.05) is 25.1 Å². The molecule has 1 fully saturated rings. The van der Waals surface area contributed by atoms with Gasteiger partial charge in [0.15, 0.2) is 5.17 Å². The lowest BCUT2D eigenvalue weighted by atomic mass is 10.0. The summed E-state index contributed by atoms with van der Waals surface area (Å²) >= 11 is 1.42. The number of aromatic nitrogens is 2. The van der Waals surface area contributed by atoms with Crippen molar-refractivity contribution < 1.29 is 14.3 Å². The fourth-order valence-corrected chi connectivity index (χ4v) is 5.56. The van der Waals surface area contributed by atoms with Crippen LogP contribution >= 0.6 is 11.8 Å². The smallest absolute Gasteiger partial charge is 0.286 e. The van der Waals surface area contributed by atoms with E-state index in [-0.39, 0.29) is 18.1 Å². The van der Waals surface area contributed by atoms with Crippen molar-refractivity contribution in [3.8, 4) is 22.7 Å². The van der Waals surface area contributed by atoms with Crippen LogP contribution in [0.25, 0.3) is 23.0 Å². The molecule has 8 heteroatoms. The molecule has 5 rings (SSSR count). The van der Waals surface area contributed by atoms with Gasteiger partial charge in [0.1, 0.15) is 11.4 Å². The lowest BCUT2D eigenvalue weighted by Gasteiger charge is -2.35. The van der Waals surface area contributed by atoms with Gasteiger partial charge in [-0.15, -0.1) is 0 Å². The molecule has 1 aromatic heterocycles. The first-order valence-corrected chi connectivity index (χ1v) is 13.5. The molecule has 0 radical (unpaired) electrons. The number of amides is 1. The van der Waals surface area contributed by atoms with Gasteiger partial charge in [0.25, 0.3) is 5.91 Å². The second kappa shape index (κ2) is 10.9. The number of benzene rings is 2. The van der Waals surface area contributed by atoms with Crippen LogP contribution in [-0.4, -0.2) is 57.7 Å². The third-order valence-electron chi connectivity index (χ3n) is 6.28. The van der Waals surface area contributed by atoms with Crippen molar-refractivity contribution in [2.24, 2.45) is 4.99 Å². The van der Waals surface area contributed by atoms with Gasteiger partial charge in [-0.05, 0) is 80.9 Å². The van der Waals surface area contributed by atoms with Crippen molar-refractivity contribution in [3.05, 3.63) is 70.8 Å². The summed E-state index contributed by atoms with van der Waals surface area (Å²) in [6.07, 6.45) is 5.04. The zero-order chi connectivity index (χ0) is 25.9. The minimum Gasteiger partial charge on any atom is -0.494 e. The summed E-state index contributed by atoms with van der Waals surface area (Å²) in [4.78, 5) is 20.1. The Morgan fingerprint density at radius 2 is 1.89 bits per heavy atom. The maximum Gasteiger partial charge on any atom is 0.286 e. The Morgan fingerprint density at radius 3 is 2.59 bits per heavy atom. The maximum absolute atomic E-state index is 13.0. The normalized spacial score (nSPS) is 21.0. The average molecular weight is 517 g/mol. The fourth-order valence-electron chi connectivity index (χ4n) is 4.64. The van der Waals surface area contributed by atoms with E-state index in [2.05, 4.69) is 23.7 Å². The SMILES string of the molecule is CCCOc1ccc(-c2nn(-c3ccccc3)cc2/C=C2\SC(N3C[C@@H](C)O[C@H](C)C3)=NC2=O)c(C)c1. The number of thioether (sulfide) groups is 1. The van der Waals surface area contributed by atoms with E-state index in [1.807, 2.05) is 79.3 Å². The van der Waals surface area contributed by atoms with E-state index in [0.29, 0.717) is 11.5 Å². The standard InChI is InChI=1S/C29H32N4O3S/c1-5-13-35-24-11-12-25(19(2)14-24)27-22(18-33(31-27)23-9-7-6-8-10-23)15-26-28(34)30-29(37-26)32-16-20(3)36-21(4)17-32/h6-12,14-15,18,20-21H,5,13,16-17H2,1-4H3/b26-15-/t20-,21-/m1/s1. The van der Waals surface area contributed by atoms with Crippen LogP contribution in [0, 0.1) is 6.92 Å². The molecular weight excluding hydrogens is 484 g/mol. The number of hydrogen-bond acceptors (Lipinski definition) is 6. The fraction of sp³-hybridized carbons (Fsp3) is 0.345. The first kappa shape index (κ1) is 25.3. The minimum atomic E-state index is -0.217. The van der Waals surface area contributed by atoms with Gasteiger partial charge >= 0.3 is 0 Å². The molecular formula is C29H32N4O3S. The van der Waals surface area contributed by atoms with E-state index >= 15 is 0 Å². The lowest BCUT2D eigenvalue weighted by Crippen LogP contribution is -2.47. The van der Waals surface area contributed by atoms with Crippen LogP contribution in [0.2, 0.25) is 0 Å². The third kappa shape index (κ3) is 5.65. The van der Waals surface area contributed by atoms with E-state index < -0.39 is 0 Å². The average Bonchev–Trinajstić information content (AvgIpc) is 3.46. The zero-order valence-electron chi connectivity index (χ0n) is 21.7. The number of morpholine rings is 1. The van der Waals surface area contributed by atoms with Gasteiger partial charge in [-0.25, -0.2) is 4.68 Å². The number of rotatable bonds is 6. The number of para-hydroxylation sites is 1. The number of nitrogens with zero attached hydrogens (tertiary/aromatic N) is 4. The molecule has 0 saturated carbocycles. The molecule has 0 N–H and O–H groups in total. The summed E-state index contributed by atoms with van der Waals surface area (Å²) in [5.41, 5.74) is 4.69. The summed E-state index contributed by atoms with van der Waals surface area (Å²) in [6, 6.07) is 16.0. The highest BCUT2D eigenvalue weighted by molar-refractivity contribution is 8.18. The van der Waals surface area contributed by atoms with Crippen LogP contribution in [-0.2, 0) is 9.53 Å². The molecule has 7 nitrogen and oxygen atoms in total. The molecule has 1 amide bonds. The number of aliphatic imine (C=N–C) groups is 1. The van der Waals surface area contributed by atoms with Crippen molar-refractivity contribution in [2.75, 3.05) is 19.7 Å². The first-order chi connectivity index (χ1) is 17.9. The Balaban J connectivity index is 1.49. The van der Waals surface area contributed by atoms with Crippen LogP contribution in [0.4, 0.5) is 0 Å². The molecule has 192 valence electrons. The minimum absolute atomic E-state index is 0.0955. The van der Waals surface area contributed by atoms with Crippen LogP contribution in [0.3, 0.4) is 0 Å². The highest BCUT2D eigenvalue weighted by Crippen LogP contribution is 2.35. The summed E-state index contributed by atoms with van der Waals surface area (Å²) in [5, 5.41) is 5.69. The second-order valence-corrected chi connectivity index (χ2v) is 10.5. The Morgan fingerprint density at radius 1 is 1.14 bits per heavy atom. The Bertz CT molecular complexity index is 1340. The number of amidine groups is 1. The van der Waals surface area contributed by atoms with Crippen molar-refractivity contribution in [2.45, 2.75) is 46.3 Å². The van der Waals surface area contributed by atoms with Crippen molar-refractivity contribution in [1.29, 1.82) is 0 Å². The van der Waals surface area contributed by atoms with E-state index in [0.717, 1.165) is 58.5 Å². The number of carbonyl (C=O) groups is 1. The predicted octanol–water partition coefficient (Wildman–Crippen LogP) is 5.72. The third-order valence-corrected chi connectivity index (χ3v) is 7.32. The second-order valence-electron chi connectivity index (χ2n) is 9.51. The van der Waals surface area contributed by atoms with Gasteiger partial charge in [-0.3, -0.25) is 4.79 Å². The largest absolute Gasteiger partial charge is 0.494 e. The first-order valence-electron chi connectivity index (χ1n) is 12.7. The molecule has 0 unspecified atom stereocenters. The van der Waals surface area contributed by atoms with Gasteiger partial charge in [0, 0.05) is 30.4 Å². The van der Waals surface area contributed by atoms with E-state index in [9.17, 15) is 4.79 Å². The summed E-state index contributed by atoms with van der Waals surface area (Å²) in [5.74, 6) is 0.629. The number of carbonyl (C=O) groups excluding carboxylic acids is 1. The molecule has 2 aliphatic heterocycles. The number of hydrogen-bond donors (Lipinski definition) is 0. The Hall–Kier alpha value is -3.36. The van der Waals surface area contributed by atoms with Gasteiger partial charge in [0.05, 0.1) is 29.4 Å². The quantitative estimate of drug-likeness (QED) is 0.391. The molecule has 1 saturated heterocycles. The van der Waals surface area contributed by atoms with Crippen LogP contribution in [0.5, 0.6) is 5.75 Å². The van der Waals surface area contributed by atoms with Gasteiger partial charge in [0.2, 0.25) is 0 Å². The molecule has 3 aromatic rings. The maximum atomic E-state index is 13.0. The van der Waals surface area contributed by atoms with Gasteiger partial charge < -0.3 is 14.4 Å². The highest BCUT2D eigenvalue weighted by atomic mass is 32.2. The molecule has 2 atom stereocenters. The monoisotopic (exact) mass is 516 g/mol. The molecule has 37 heavy (non-hydrogen) atoms. The molecule has 2 aromatic carbocycles. The lowest BCUT2D eigenvalue weighted by molar-refractivity contribution is -0.113. The van der Waals surface area contributed by atoms with E-state index in [1.54, 1.807) is 0 Å². The Kier molecular flexibility index (Phi) is 7.48. The summed E-state index contributed by atoms with van der Waals surface area (Å²) < 4.78 is 13.5. The summed E-state index contributed by atoms with van der Waals surface area (Å²) in [6.45, 7) is 10.4. The van der Waals surface area contributed by atoms with Crippen molar-refractivity contribution in [1.82, 2.24) is 14.7 Å².